The Hall–Kier alpha value is -1.70. The van der Waals surface area contributed by atoms with Crippen LogP contribution in [0, 0.1) is 13.8 Å². The molecular formula is C25H34F2. The number of hydrogen-bond donors (Lipinski definition) is 0. The van der Waals surface area contributed by atoms with E-state index in [9.17, 15) is 0 Å². The highest BCUT2D eigenvalue weighted by atomic mass is 19.3. The molecule has 0 heterocycles. The molecule has 0 aromatic heterocycles. The van der Waals surface area contributed by atoms with Crippen molar-refractivity contribution in [2.75, 3.05) is 0 Å². The first-order valence-corrected chi connectivity index (χ1v) is 10.3. The van der Waals surface area contributed by atoms with Crippen LogP contribution in [0.2, 0.25) is 0 Å². The van der Waals surface area contributed by atoms with Crippen LogP contribution >= 0.6 is 0 Å². The molecule has 2 rings (SSSR count). The summed E-state index contributed by atoms with van der Waals surface area (Å²) in [6, 6.07) is 15.5. The predicted molar refractivity (Wildman–Crippen MR) is 112 cm³/mol. The molecule has 2 aromatic rings. The van der Waals surface area contributed by atoms with Gasteiger partial charge in [0, 0.05) is 0 Å². The van der Waals surface area contributed by atoms with E-state index in [1.54, 1.807) is 0 Å². The first kappa shape index (κ1) is 21.6. The fraction of sp³-hybridized carbons (Fsp3) is 0.520. The number of alkyl halides is 2. The molecule has 2 heteroatoms. The van der Waals surface area contributed by atoms with Gasteiger partial charge in [-0.05, 0) is 50.7 Å². The summed E-state index contributed by atoms with van der Waals surface area (Å²) < 4.78 is 33.4. The molecule has 0 aliphatic carbocycles. The summed E-state index contributed by atoms with van der Waals surface area (Å²) in [4.78, 5) is 0. The molecular weight excluding hydrogens is 338 g/mol. The lowest BCUT2D eigenvalue weighted by molar-refractivity contribution is -0.151. The van der Waals surface area contributed by atoms with Crippen LogP contribution in [-0.4, -0.2) is 5.92 Å². The maximum atomic E-state index is 16.7. The van der Waals surface area contributed by atoms with Gasteiger partial charge in [0.1, 0.15) is 0 Å². The molecule has 27 heavy (non-hydrogen) atoms. The third kappa shape index (κ3) is 3.32. The normalized spacial score (nSPS) is 13.0. The van der Waals surface area contributed by atoms with E-state index in [2.05, 4.69) is 0 Å². The van der Waals surface area contributed by atoms with Gasteiger partial charge < -0.3 is 0 Å². The smallest absolute Gasteiger partial charge is 0.205 e. The van der Waals surface area contributed by atoms with E-state index in [1.807, 2.05) is 90.1 Å². The number of aryl methyl sites for hydroxylation is 2. The molecule has 0 nitrogen and oxygen atoms in total. The van der Waals surface area contributed by atoms with Crippen molar-refractivity contribution < 1.29 is 8.78 Å². The molecule has 0 bridgehead atoms. The van der Waals surface area contributed by atoms with Crippen molar-refractivity contribution in [1.29, 1.82) is 0 Å². The Balaban J connectivity index is 2.78. The van der Waals surface area contributed by atoms with Crippen molar-refractivity contribution in [3.05, 3.63) is 70.8 Å². The average Bonchev–Trinajstić information content (AvgIpc) is 2.64. The topological polar surface area (TPSA) is 0 Å². The molecule has 0 radical (unpaired) electrons. The minimum Gasteiger partial charge on any atom is -0.205 e. The fourth-order valence-corrected chi connectivity index (χ4v) is 4.91. The molecule has 0 aliphatic rings. The fourth-order valence-electron chi connectivity index (χ4n) is 4.91. The highest BCUT2D eigenvalue weighted by Crippen LogP contribution is 2.57. The maximum absolute atomic E-state index is 16.7. The largest absolute Gasteiger partial charge is 0.267 e. The van der Waals surface area contributed by atoms with Gasteiger partial charge in [0.25, 0.3) is 5.92 Å². The summed E-state index contributed by atoms with van der Waals surface area (Å²) >= 11 is 0. The van der Waals surface area contributed by atoms with Gasteiger partial charge in [0.2, 0.25) is 0 Å². The van der Waals surface area contributed by atoms with Gasteiger partial charge >= 0.3 is 0 Å². The van der Waals surface area contributed by atoms with Crippen LogP contribution in [0.25, 0.3) is 0 Å². The van der Waals surface area contributed by atoms with Crippen LogP contribution < -0.4 is 0 Å². The van der Waals surface area contributed by atoms with Gasteiger partial charge in [-0.2, -0.15) is 0 Å². The number of halogens is 2. The molecule has 0 fully saturated rings. The lowest BCUT2D eigenvalue weighted by Crippen LogP contribution is -2.58. The van der Waals surface area contributed by atoms with Crippen LogP contribution in [0.5, 0.6) is 0 Å². The van der Waals surface area contributed by atoms with Crippen LogP contribution in [0.1, 0.15) is 75.6 Å². The van der Waals surface area contributed by atoms with E-state index in [1.165, 1.54) is 0 Å². The molecule has 0 saturated heterocycles. The van der Waals surface area contributed by atoms with Crippen LogP contribution in [0.3, 0.4) is 0 Å². The van der Waals surface area contributed by atoms with Crippen molar-refractivity contribution in [2.45, 2.75) is 84.0 Å². The van der Waals surface area contributed by atoms with Crippen molar-refractivity contribution >= 4 is 0 Å². The second-order valence-electron chi connectivity index (χ2n) is 7.89. The minimum atomic E-state index is -2.88. The Labute approximate surface area is 164 Å². The Morgan fingerprint density at radius 3 is 1.22 bits per heavy atom. The lowest BCUT2D eigenvalue weighted by Gasteiger charge is -2.51. The second-order valence-corrected chi connectivity index (χ2v) is 7.89. The molecule has 0 amide bonds. The van der Waals surface area contributed by atoms with E-state index >= 15 is 8.78 Å². The quantitative estimate of drug-likeness (QED) is 0.444. The zero-order chi connectivity index (χ0) is 20.3. The Morgan fingerprint density at radius 2 is 0.963 bits per heavy atom. The third-order valence-electron chi connectivity index (χ3n) is 6.76. The van der Waals surface area contributed by atoms with E-state index in [0.717, 1.165) is 22.3 Å². The maximum Gasteiger partial charge on any atom is 0.267 e. The van der Waals surface area contributed by atoms with Gasteiger partial charge in [0.05, 0.1) is 10.8 Å². The highest BCUT2D eigenvalue weighted by molar-refractivity contribution is 5.39. The number of hydrogen-bond acceptors (Lipinski definition) is 0. The molecule has 0 spiro atoms. The van der Waals surface area contributed by atoms with Gasteiger partial charge in [-0.1, -0.05) is 87.4 Å². The van der Waals surface area contributed by atoms with Crippen molar-refractivity contribution in [3.63, 3.8) is 0 Å². The molecule has 0 N–H and O–H groups in total. The van der Waals surface area contributed by atoms with E-state index in [0.29, 0.717) is 25.7 Å². The zero-order valence-electron chi connectivity index (χ0n) is 17.7. The average molecular weight is 373 g/mol. The van der Waals surface area contributed by atoms with Crippen molar-refractivity contribution in [1.82, 2.24) is 0 Å². The number of rotatable bonds is 8. The molecule has 148 valence electrons. The standard InChI is InChI=1S/C25H34F2/c1-7-23(8-2,21-15-11-13-19(5)17-21)25(26,27)24(9-3,10-4)22-16-12-14-20(6)18-22/h11-18H,7-10H2,1-6H3. The molecule has 0 aliphatic heterocycles. The molecule has 0 saturated carbocycles. The van der Waals surface area contributed by atoms with Crippen molar-refractivity contribution in [3.8, 4) is 0 Å². The third-order valence-corrected chi connectivity index (χ3v) is 6.76. The molecule has 0 atom stereocenters. The number of benzene rings is 2. The van der Waals surface area contributed by atoms with Crippen LogP contribution in [0.15, 0.2) is 48.5 Å². The van der Waals surface area contributed by atoms with Gasteiger partial charge in [-0.3, -0.25) is 0 Å². The van der Waals surface area contributed by atoms with Crippen LogP contribution in [0.4, 0.5) is 8.78 Å². The Bertz CT molecular complexity index is 689. The van der Waals surface area contributed by atoms with Crippen molar-refractivity contribution in [2.24, 2.45) is 0 Å². The van der Waals surface area contributed by atoms with E-state index in [-0.39, 0.29) is 0 Å². The predicted octanol–water partition coefficient (Wildman–Crippen LogP) is 7.75. The summed E-state index contributed by atoms with van der Waals surface area (Å²) in [5.74, 6) is -2.88. The molecule has 2 aromatic carbocycles. The summed E-state index contributed by atoms with van der Waals surface area (Å²) in [6.45, 7) is 11.6. The van der Waals surface area contributed by atoms with Crippen LogP contribution in [-0.2, 0) is 10.8 Å². The minimum absolute atomic E-state index is 0.410. The second kappa shape index (κ2) is 8.12. The molecule has 0 unspecified atom stereocenters. The van der Waals surface area contributed by atoms with Gasteiger partial charge in [-0.25, -0.2) is 8.78 Å². The Morgan fingerprint density at radius 1 is 0.630 bits per heavy atom. The summed E-state index contributed by atoms with van der Waals surface area (Å²) in [5.41, 5.74) is 1.21. The Kier molecular flexibility index (Phi) is 6.50. The van der Waals surface area contributed by atoms with E-state index < -0.39 is 16.8 Å². The van der Waals surface area contributed by atoms with Gasteiger partial charge in [0.15, 0.2) is 0 Å². The highest BCUT2D eigenvalue weighted by Gasteiger charge is 2.63. The lowest BCUT2D eigenvalue weighted by atomic mass is 9.57. The monoisotopic (exact) mass is 372 g/mol. The first-order chi connectivity index (χ1) is 12.7. The van der Waals surface area contributed by atoms with Gasteiger partial charge in [-0.15, -0.1) is 0 Å². The zero-order valence-corrected chi connectivity index (χ0v) is 17.7. The van der Waals surface area contributed by atoms with E-state index in [4.69, 9.17) is 0 Å². The summed E-state index contributed by atoms with van der Waals surface area (Å²) in [5, 5.41) is 0. The summed E-state index contributed by atoms with van der Waals surface area (Å²) in [7, 11) is 0. The summed E-state index contributed by atoms with van der Waals surface area (Å²) in [6.07, 6.45) is 1.64. The first-order valence-electron chi connectivity index (χ1n) is 10.3. The SMILES string of the molecule is CCC(CC)(c1cccc(C)c1)C(F)(F)C(CC)(CC)c1cccc(C)c1.